The molecule has 0 spiro atoms. The number of halogens is 2. The Kier molecular flexibility index (Phi) is 9.80. The van der Waals surface area contributed by atoms with E-state index >= 15 is 0 Å². The summed E-state index contributed by atoms with van der Waals surface area (Å²) in [5, 5.41) is 5.95. The number of nitrogens with zero attached hydrogens (tertiary/aromatic N) is 2. The first-order valence-corrected chi connectivity index (χ1v) is 11.1. The molecule has 1 aromatic carbocycles. The van der Waals surface area contributed by atoms with Gasteiger partial charge in [-0.25, -0.2) is 12.8 Å². The fourth-order valence-electron chi connectivity index (χ4n) is 3.00. The van der Waals surface area contributed by atoms with Gasteiger partial charge in [-0.05, 0) is 38.5 Å². The molecule has 164 valence electrons. The second-order valence-electron chi connectivity index (χ2n) is 7.39. The summed E-state index contributed by atoms with van der Waals surface area (Å²) >= 11 is 0. The Bertz CT molecular complexity index is 830. The summed E-state index contributed by atoms with van der Waals surface area (Å²) in [7, 11) is -3.12. The Balaban J connectivity index is 0.00000420. The third-order valence-corrected chi connectivity index (χ3v) is 7.16. The smallest absolute Gasteiger partial charge is 0.224 e. The van der Waals surface area contributed by atoms with E-state index in [2.05, 4.69) is 15.6 Å². The van der Waals surface area contributed by atoms with Crippen LogP contribution in [0, 0.1) is 5.82 Å². The minimum absolute atomic E-state index is 0. The van der Waals surface area contributed by atoms with Gasteiger partial charge in [0.2, 0.25) is 5.91 Å². The maximum Gasteiger partial charge on any atom is 0.224 e. The molecule has 0 bridgehead atoms. The van der Waals surface area contributed by atoms with Gasteiger partial charge in [-0.2, -0.15) is 0 Å². The molecule has 0 aliphatic carbocycles. The number of sulfone groups is 1. The zero-order valence-electron chi connectivity index (χ0n) is 17.1. The number of carbonyl (C=O) groups excluding carboxylic acids is 1. The zero-order chi connectivity index (χ0) is 20.8. The number of hydrogen-bond donors (Lipinski definition) is 2. The molecule has 0 unspecified atom stereocenters. The molecular formula is C19H30FIN4O3S. The number of carbonyl (C=O) groups is 1. The Labute approximate surface area is 189 Å². The molecule has 2 rings (SSSR count). The van der Waals surface area contributed by atoms with Crippen molar-refractivity contribution >= 4 is 45.7 Å². The molecule has 0 atom stereocenters. The van der Waals surface area contributed by atoms with Gasteiger partial charge in [0.05, 0.1) is 23.5 Å². The highest BCUT2D eigenvalue weighted by molar-refractivity contribution is 14.0. The third-order valence-electron chi connectivity index (χ3n) is 4.63. The SMILES string of the molecule is CCNC(=NCCNC(=O)Cc1cccc(F)c1)N1CCS(=O)(=O)C(C)(C)C1.I. The van der Waals surface area contributed by atoms with Gasteiger partial charge in [-0.1, -0.05) is 12.1 Å². The predicted octanol–water partition coefficient (Wildman–Crippen LogP) is 1.58. The van der Waals surface area contributed by atoms with E-state index in [-0.39, 0.29) is 47.9 Å². The first kappa shape index (κ1) is 25.6. The van der Waals surface area contributed by atoms with Crippen LogP contribution in [0.5, 0.6) is 0 Å². The van der Waals surface area contributed by atoms with Crippen LogP contribution in [0.15, 0.2) is 29.3 Å². The lowest BCUT2D eigenvalue weighted by atomic mass is 10.1. The monoisotopic (exact) mass is 540 g/mol. The summed E-state index contributed by atoms with van der Waals surface area (Å²) < 4.78 is 36.7. The van der Waals surface area contributed by atoms with Gasteiger partial charge in [0.1, 0.15) is 5.82 Å². The fraction of sp³-hybridized carbons (Fsp3) is 0.579. The number of amides is 1. The number of hydrogen-bond acceptors (Lipinski definition) is 4. The molecule has 7 nitrogen and oxygen atoms in total. The van der Waals surface area contributed by atoms with Crippen molar-refractivity contribution in [2.75, 3.05) is 38.5 Å². The minimum Gasteiger partial charge on any atom is -0.357 e. The van der Waals surface area contributed by atoms with Crippen molar-refractivity contribution in [2.24, 2.45) is 4.99 Å². The maximum absolute atomic E-state index is 13.2. The number of benzene rings is 1. The maximum atomic E-state index is 13.2. The molecular weight excluding hydrogens is 510 g/mol. The first-order valence-electron chi connectivity index (χ1n) is 9.41. The van der Waals surface area contributed by atoms with E-state index in [1.807, 2.05) is 11.8 Å². The molecule has 2 N–H and O–H groups in total. The Hall–Kier alpha value is -1.43. The van der Waals surface area contributed by atoms with Gasteiger partial charge in [0, 0.05) is 26.2 Å². The van der Waals surface area contributed by atoms with E-state index in [9.17, 15) is 17.6 Å². The molecule has 1 amide bonds. The van der Waals surface area contributed by atoms with Crippen molar-refractivity contribution in [2.45, 2.75) is 31.9 Å². The van der Waals surface area contributed by atoms with Crippen LogP contribution in [0.3, 0.4) is 0 Å². The van der Waals surface area contributed by atoms with Crippen molar-refractivity contribution in [1.29, 1.82) is 0 Å². The molecule has 1 aromatic rings. The van der Waals surface area contributed by atoms with Crippen molar-refractivity contribution in [3.8, 4) is 0 Å². The Morgan fingerprint density at radius 1 is 1.31 bits per heavy atom. The summed E-state index contributed by atoms with van der Waals surface area (Å²) in [6, 6.07) is 5.96. The van der Waals surface area contributed by atoms with Crippen LogP contribution in [0.4, 0.5) is 4.39 Å². The average molecular weight is 540 g/mol. The Morgan fingerprint density at radius 2 is 2.03 bits per heavy atom. The summed E-state index contributed by atoms with van der Waals surface area (Å²) in [5.41, 5.74) is 0.617. The third kappa shape index (κ3) is 7.40. The fourth-order valence-corrected chi connectivity index (χ4v) is 4.37. The molecule has 29 heavy (non-hydrogen) atoms. The van der Waals surface area contributed by atoms with Crippen molar-refractivity contribution in [3.05, 3.63) is 35.6 Å². The largest absolute Gasteiger partial charge is 0.357 e. The summed E-state index contributed by atoms with van der Waals surface area (Å²) in [6.45, 7) is 7.53. The second-order valence-corrected chi connectivity index (χ2v) is 10.1. The van der Waals surface area contributed by atoms with Gasteiger partial charge in [-0.3, -0.25) is 9.79 Å². The van der Waals surface area contributed by atoms with Crippen molar-refractivity contribution < 1.29 is 17.6 Å². The molecule has 1 heterocycles. The van der Waals surface area contributed by atoms with Crippen LogP contribution in [0.1, 0.15) is 26.3 Å². The second kappa shape index (κ2) is 11.1. The highest BCUT2D eigenvalue weighted by Crippen LogP contribution is 2.23. The van der Waals surface area contributed by atoms with E-state index < -0.39 is 14.6 Å². The first-order chi connectivity index (χ1) is 13.1. The molecule has 1 aliphatic heterocycles. The van der Waals surface area contributed by atoms with Crippen LogP contribution < -0.4 is 10.6 Å². The number of guanidine groups is 1. The van der Waals surface area contributed by atoms with E-state index in [0.29, 0.717) is 44.2 Å². The van der Waals surface area contributed by atoms with E-state index in [1.54, 1.807) is 26.0 Å². The molecule has 1 fully saturated rings. The van der Waals surface area contributed by atoms with Gasteiger partial charge >= 0.3 is 0 Å². The van der Waals surface area contributed by atoms with Gasteiger partial charge in [0.15, 0.2) is 15.8 Å². The number of aliphatic imine (C=N–C) groups is 1. The highest BCUT2D eigenvalue weighted by Gasteiger charge is 2.40. The lowest BCUT2D eigenvalue weighted by molar-refractivity contribution is -0.120. The van der Waals surface area contributed by atoms with Crippen LogP contribution in [-0.2, 0) is 21.1 Å². The van der Waals surface area contributed by atoms with Crippen molar-refractivity contribution in [1.82, 2.24) is 15.5 Å². The van der Waals surface area contributed by atoms with Gasteiger partial charge in [0.25, 0.3) is 0 Å². The average Bonchev–Trinajstić information content (AvgIpc) is 2.60. The minimum atomic E-state index is -3.12. The lowest BCUT2D eigenvalue weighted by Crippen LogP contribution is -2.57. The zero-order valence-corrected chi connectivity index (χ0v) is 20.2. The predicted molar refractivity (Wildman–Crippen MR) is 124 cm³/mol. The van der Waals surface area contributed by atoms with E-state index in [0.717, 1.165) is 0 Å². The number of nitrogens with one attached hydrogen (secondary N) is 2. The normalized spacial score (nSPS) is 17.9. The highest BCUT2D eigenvalue weighted by atomic mass is 127. The quantitative estimate of drug-likeness (QED) is 0.248. The molecule has 0 aromatic heterocycles. The van der Waals surface area contributed by atoms with E-state index in [1.165, 1.54) is 12.1 Å². The topological polar surface area (TPSA) is 90.9 Å². The Morgan fingerprint density at radius 3 is 2.66 bits per heavy atom. The summed E-state index contributed by atoms with van der Waals surface area (Å²) in [4.78, 5) is 18.4. The van der Waals surface area contributed by atoms with E-state index in [4.69, 9.17) is 0 Å². The standard InChI is InChI=1S/C19H29FN4O3S.HI/c1-4-21-18(24-10-11-28(26,27)19(2,3)14-24)23-9-8-22-17(25)13-15-6-5-7-16(20)12-15;/h5-7,12H,4,8-11,13-14H2,1-3H3,(H,21,23)(H,22,25);1H. The molecule has 0 saturated carbocycles. The molecule has 1 saturated heterocycles. The van der Waals surface area contributed by atoms with Crippen LogP contribution in [0.25, 0.3) is 0 Å². The lowest BCUT2D eigenvalue weighted by Gasteiger charge is -2.39. The molecule has 1 aliphatic rings. The van der Waals surface area contributed by atoms with Crippen molar-refractivity contribution in [3.63, 3.8) is 0 Å². The van der Waals surface area contributed by atoms with Gasteiger partial charge < -0.3 is 15.5 Å². The van der Waals surface area contributed by atoms with Crippen LogP contribution in [0.2, 0.25) is 0 Å². The molecule has 0 radical (unpaired) electrons. The van der Waals surface area contributed by atoms with Crippen LogP contribution in [-0.4, -0.2) is 68.4 Å². The molecule has 10 heteroatoms. The summed E-state index contributed by atoms with van der Waals surface area (Å²) in [5.74, 6) is 0.173. The number of rotatable bonds is 6. The van der Waals surface area contributed by atoms with Crippen LogP contribution >= 0.6 is 24.0 Å². The summed E-state index contributed by atoms with van der Waals surface area (Å²) in [6.07, 6.45) is 0.111. The van der Waals surface area contributed by atoms with Gasteiger partial charge in [-0.15, -0.1) is 24.0 Å².